The third kappa shape index (κ3) is 3.38. The van der Waals surface area contributed by atoms with E-state index in [1.165, 1.54) is 30.3 Å². The van der Waals surface area contributed by atoms with Crippen molar-refractivity contribution in [3.05, 3.63) is 56.6 Å². The van der Waals surface area contributed by atoms with E-state index in [9.17, 15) is 19.7 Å². The van der Waals surface area contributed by atoms with Crippen LogP contribution in [0.3, 0.4) is 0 Å². The zero-order valence-corrected chi connectivity index (χ0v) is 13.7. The summed E-state index contributed by atoms with van der Waals surface area (Å²) in [5.74, 6) is -0.480. The highest BCUT2D eigenvalue weighted by Crippen LogP contribution is 2.36. The third-order valence-corrected chi connectivity index (χ3v) is 3.93. The number of hydrogen-bond donors (Lipinski definition) is 2. The molecule has 25 heavy (non-hydrogen) atoms. The maximum atomic E-state index is 12.4. The highest BCUT2D eigenvalue weighted by molar-refractivity contribution is 6.34. The lowest BCUT2D eigenvalue weighted by Gasteiger charge is -2.19. The van der Waals surface area contributed by atoms with Crippen molar-refractivity contribution in [2.45, 2.75) is 6.92 Å². The average Bonchev–Trinajstić information content (AvgIpc) is 2.55. The van der Waals surface area contributed by atoms with Crippen LogP contribution in [0.2, 0.25) is 5.02 Å². The molecule has 9 heteroatoms. The number of amides is 2. The number of carbonyl (C=O) groups is 2. The molecule has 0 bridgehead atoms. The summed E-state index contributed by atoms with van der Waals surface area (Å²) >= 11 is 6.12. The molecule has 2 N–H and O–H groups in total. The van der Waals surface area contributed by atoms with Crippen molar-refractivity contribution in [2.24, 2.45) is 0 Å². The smallest absolute Gasteiger partial charge is 0.273 e. The Bertz CT molecular complexity index is 913. The Kier molecular flexibility index (Phi) is 4.28. The van der Waals surface area contributed by atoms with Crippen molar-refractivity contribution in [3.8, 4) is 5.75 Å². The van der Waals surface area contributed by atoms with Crippen molar-refractivity contribution in [1.82, 2.24) is 0 Å². The van der Waals surface area contributed by atoms with Crippen molar-refractivity contribution < 1.29 is 19.2 Å². The van der Waals surface area contributed by atoms with Gasteiger partial charge in [0, 0.05) is 23.3 Å². The molecule has 0 aliphatic carbocycles. The second kappa shape index (κ2) is 6.40. The van der Waals surface area contributed by atoms with Crippen LogP contribution >= 0.6 is 11.6 Å². The van der Waals surface area contributed by atoms with Gasteiger partial charge in [-0.25, -0.2) is 0 Å². The molecule has 0 saturated carbocycles. The maximum absolute atomic E-state index is 12.4. The van der Waals surface area contributed by atoms with E-state index in [0.717, 1.165) is 0 Å². The van der Waals surface area contributed by atoms with Gasteiger partial charge in [-0.05, 0) is 19.1 Å². The zero-order chi connectivity index (χ0) is 18.1. The molecule has 0 unspecified atom stereocenters. The van der Waals surface area contributed by atoms with Gasteiger partial charge < -0.3 is 15.4 Å². The normalized spacial score (nSPS) is 12.6. The Hall–Kier alpha value is -3.13. The Morgan fingerprint density at radius 3 is 2.84 bits per heavy atom. The van der Waals surface area contributed by atoms with Crippen LogP contribution in [0, 0.1) is 17.0 Å². The lowest BCUT2D eigenvalue weighted by Crippen LogP contribution is -2.25. The van der Waals surface area contributed by atoms with E-state index < -0.39 is 10.8 Å². The number of fused-ring (bicyclic) bond motifs is 1. The van der Waals surface area contributed by atoms with Crippen LogP contribution in [0.5, 0.6) is 5.75 Å². The summed E-state index contributed by atoms with van der Waals surface area (Å²) in [7, 11) is 0. The van der Waals surface area contributed by atoms with Gasteiger partial charge in [0.05, 0.1) is 21.3 Å². The molecule has 1 aliphatic rings. The monoisotopic (exact) mass is 361 g/mol. The van der Waals surface area contributed by atoms with Crippen molar-refractivity contribution >= 4 is 40.5 Å². The van der Waals surface area contributed by atoms with Gasteiger partial charge in [-0.2, -0.15) is 0 Å². The zero-order valence-electron chi connectivity index (χ0n) is 13.0. The molecule has 0 fully saturated rings. The van der Waals surface area contributed by atoms with E-state index in [2.05, 4.69) is 10.6 Å². The minimum absolute atomic E-state index is 0.125. The molecule has 3 rings (SSSR count). The highest BCUT2D eigenvalue weighted by atomic mass is 35.5. The summed E-state index contributed by atoms with van der Waals surface area (Å²) in [5, 5.41) is 16.4. The third-order valence-electron chi connectivity index (χ3n) is 3.62. The second-order valence-corrected chi connectivity index (χ2v) is 5.78. The number of halogens is 1. The number of carbonyl (C=O) groups excluding carboxylic acids is 2. The summed E-state index contributed by atoms with van der Waals surface area (Å²) in [6.07, 6.45) is 0. The summed E-state index contributed by atoms with van der Waals surface area (Å²) < 4.78 is 5.27. The van der Waals surface area contributed by atoms with Gasteiger partial charge in [-0.15, -0.1) is 0 Å². The fraction of sp³-hybridized carbons (Fsp3) is 0.125. The van der Waals surface area contributed by atoms with Crippen LogP contribution in [-0.2, 0) is 4.79 Å². The molecule has 2 aromatic rings. The molecule has 0 radical (unpaired) electrons. The van der Waals surface area contributed by atoms with Crippen LogP contribution < -0.4 is 15.4 Å². The first-order chi connectivity index (χ1) is 11.8. The minimum Gasteiger partial charge on any atom is -0.482 e. The van der Waals surface area contributed by atoms with E-state index in [0.29, 0.717) is 17.0 Å². The minimum atomic E-state index is -0.551. The predicted molar refractivity (Wildman–Crippen MR) is 91.4 cm³/mol. The van der Waals surface area contributed by atoms with Gasteiger partial charge >= 0.3 is 0 Å². The highest BCUT2D eigenvalue weighted by Gasteiger charge is 2.20. The van der Waals surface area contributed by atoms with E-state index >= 15 is 0 Å². The van der Waals surface area contributed by atoms with Gasteiger partial charge in [0.1, 0.15) is 5.75 Å². The number of nitrogens with one attached hydrogen (secondary N) is 2. The molecule has 1 heterocycles. The molecule has 0 saturated heterocycles. The number of benzene rings is 2. The van der Waals surface area contributed by atoms with Gasteiger partial charge in [0.15, 0.2) is 6.61 Å². The number of aryl methyl sites for hydroxylation is 1. The quantitative estimate of drug-likeness (QED) is 0.644. The standard InChI is InChI=1S/C16H12ClN3O5/c1-8-2-3-9(4-13(8)20(23)24)16(22)19-11-6-14-12(5-10(11)17)18-15(21)7-25-14/h2-6H,7H2,1H3,(H,18,21)(H,19,22). The number of nitro benzene ring substituents is 1. The van der Waals surface area contributed by atoms with Gasteiger partial charge in [0.2, 0.25) is 0 Å². The van der Waals surface area contributed by atoms with Crippen LogP contribution in [0.1, 0.15) is 15.9 Å². The van der Waals surface area contributed by atoms with Gasteiger partial charge in [0.25, 0.3) is 17.5 Å². The largest absolute Gasteiger partial charge is 0.482 e. The molecular formula is C16H12ClN3O5. The maximum Gasteiger partial charge on any atom is 0.273 e. The van der Waals surface area contributed by atoms with E-state index in [1.807, 2.05) is 0 Å². The first kappa shape index (κ1) is 16.7. The Morgan fingerprint density at radius 2 is 2.12 bits per heavy atom. The lowest BCUT2D eigenvalue weighted by atomic mass is 10.1. The summed E-state index contributed by atoms with van der Waals surface area (Å²) in [5.41, 5.74) is 1.11. The number of ether oxygens (including phenoxy) is 1. The fourth-order valence-electron chi connectivity index (χ4n) is 2.34. The van der Waals surface area contributed by atoms with Crippen LogP contribution in [-0.4, -0.2) is 23.3 Å². The molecule has 0 aromatic heterocycles. The topological polar surface area (TPSA) is 111 Å². The first-order valence-corrected chi connectivity index (χ1v) is 7.55. The Morgan fingerprint density at radius 1 is 1.36 bits per heavy atom. The average molecular weight is 362 g/mol. The molecule has 8 nitrogen and oxygen atoms in total. The number of hydrogen-bond acceptors (Lipinski definition) is 5. The van der Waals surface area contributed by atoms with Crippen molar-refractivity contribution in [1.29, 1.82) is 0 Å². The molecule has 2 amide bonds. The predicted octanol–water partition coefficient (Wildman–Crippen LogP) is 3.14. The molecular weight excluding hydrogens is 350 g/mol. The number of nitro groups is 1. The van der Waals surface area contributed by atoms with E-state index in [-0.39, 0.29) is 34.5 Å². The SMILES string of the molecule is Cc1ccc(C(=O)Nc2cc3c(cc2Cl)NC(=O)CO3)cc1[N+](=O)[O-]. The summed E-state index contributed by atoms with van der Waals surface area (Å²) in [6, 6.07) is 7.13. The van der Waals surface area contributed by atoms with Gasteiger partial charge in [-0.3, -0.25) is 19.7 Å². The molecule has 2 aromatic carbocycles. The molecule has 0 spiro atoms. The number of rotatable bonds is 3. The number of anilines is 2. The second-order valence-electron chi connectivity index (χ2n) is 5.38. The summed E-state index contributed by atoms with van der Waals surface area (Å²) in [4.78, 5) is 34.1. The van der Waals surface area contributed by atoms with Crippen LogP contribution in [0.4, 0.5) is 17.1 Å². The van der Waals surface area contributed by atoms with Crippen LogP contribution in [0.25, 0.3) is 0 Å². The molecule has 128 valence electrons. The van der Waals surface area contributed by atoms with Gasteiger partial charge in [-0.1, -0.05) is 17.7 Å². The van der Waals surface area contributed by atoms with Crippen LogP contribution in [0.15, 0.2) is 30.3 Å². The Balaban J connectivity index is 1.88. The lowest BCUT2D eigenvalue weighted by molar-refractivity contribution is -0.385. The summed E-state index contributed by atoms with van der Waals surface area (Å²) in [6.45, 7) is 1.46. The Labute approximate surface area is 146 Å². The number of nitrogens with zero attached hydrogens (tertiary/aromatic N) is 1. The van der Waals surface area contributed by atoms with Crippen molar-refractivity contribution in [2.75, 3.05) is 17.2 Å². The van der Waals surface area contributed by atoms with Crippen molar-refractivity contribution in [3.63, 3.8) is 0 Å². The fourth-order valence-corrected chi connectivity index (χ4v) is 2.55. The van der Waals surface area contributed by atoms with E-state index in [1.54, 1.807) is 6.92 Å². The molecule has 1 aliphatic heterocycles. The molecule has 0 atom stereocenters. The first-order valence-electron chi connectivity index (χ1n) is 7.18. The van der Waals surface area contributed by atoms with E-state index in [4.69, 9.17) is 16.3 Å².